The fourth-order valence-electron chi connectivity index (χ4n) is 8.26. The summed E-state index contributed by atoms with van der Waals surface area (Å²) < 4.78 is 104. The van der Waals surface area contributed by atoms with E-state index in [1.165, 1.54) is 12.1 Å². The van der Waals surface area contributed by atoms with Gasteiger partial charge in [0.2, 0.25) is 0 Å². The second-order valence-corrected chi connectivity index (χ2v) is 15.0. The first kappa shape index (κ1) is 35.7. The Hall–Kier alpha value is -6.02. The van der Waals surface area contributed by atoms with E-state index in [4.69, 9.17) is 8.83 Å². The molecule has 2 aromatic heterocycles. The maximum Gasteiger partial charge on any atom is 0.420 e. The van der Waals surface area contributed by atoms with Crippen molar-refractivity contribution in [1.82, 2.24) is 0 Å². The molecule has 0 saturated heterocycles. The molecule has 0 saturated carbocycles. The third-order valence-electron chi connectivity index (χ3n) is 10.7. The van der Waals surface area contributed by atoms with E-state index in [1.54, 1.807) is 45.9 Å². The lowest BCUT2D eigenvalue weighted by molar-refractivity contribution is -0.138. The first-order valence-electron chi connectivity index (χ1n) is 18.4. The van der Waals surface area contributed by atoms with Crippen LogP contribution >= 0.6 is 0 Å². The van der Waals surface area contributed by atoms with Crippen molar-refractivity contribution in [2.45, 2.75) is 51.9 Å². The van der Waals surface area contributed by atoms with Crippen molar-refractivity contribution in [3.8, 4) is 33.4 Å². The normalized spacial score (nSPS) is 12.8. The van der Waals surface area contributed by atoms with Gasteiger partial charge in [0.1, 0.15) is 33.8 Å². The summed E-state index contributed by atoms with van der Waals surface area (Å²) in [6, 6.07) is 37.2. The Labute approximate surface area is 318 Å². The van der Waals surface area contributed by atoms with Crippen LogP contribution in [0.4, 0.5) is 26.3 Å². The lowest BCUT2D eigenvalue weighted by atomic mass is 9.87. The van der Waals surface area contributed by atoms with Crippen LogP contribution in [0.1, 0.15) is 62.2 Å². The van der Waals surface area contributed by atoms with E-state index in [0.717, 1.165) is 32.7 Å². The molecule has 9 aromatic rings. The van der Waals surface area contributed by atoms with Crippen LogP contribution in [0, 0.1) is 0 Å². The fourth-order valence-corrected chi connectivity index (χ4v) is 8.26. The molecule has 0 bridgehead atoms. The predicted octanol–water partition coefficient (Wildman–Crippen LogP) is 15.9. The highest BCUT2D eigenvalue weighted by molar-refractivity contribution is 6.26. The maximum absolute atomic E-state index is 15.2. The van der Waals surface area contributed by atoms with Gasteiger partial charge in [-0.3, -0.25) is 0 Å². The Bertz CT molecular complexity index is 2980. The van der Waals surface area contributed by atoms with Gasteiger partial charge in [-0.15, -0.1) is 0 Å². The number of benzene rings is 7. The molecule has 280 valence electrons. The van der Waals surface area contributed by atoms with Gasteiger partial charge in [-0.1, -0.05) is 131 Å². The van der Waals surface area contributed by atoms with E-state index in [9.17, 15) is 0 Å². The number of furan rings is 2. The number of hydrogen-bond donors (Lipinski definition) is 0. The average molecular weight is 757 g/mol. The number of alkyl halides is 6. The van der Waals surface area contributed by atoms with Gasteiger partial charge in [-0.05, 0) is 73.1 Å². The zero-order chi connectivity index (χ0) is 39.3. The van der Waals surface area contributed by atoms with Gasteiger partial charge in [-0.2, -0.15) is 26.3 Å². The van der Waals surface area contributed by atoms with Gasteiger partial charge in [0.05, 0.1) is 0 Å². The van der Waals surface area contributed by atoms with E-state index in [0.29, 0.717) is 22.3 Å². The summed E-state index contributed by atoms with van der Waals surface area (Å²) >= 11 is 0. The summed E-state index contributed by atoms with van der Waals surface area (Å²) in [5.41, 5.74) is 1.54. The minimum absolute atomic E-state index is 0.0618. The van der Waals surface area contributed by atoms with Crippen molar-refractivity contribution in [2.24, 2.45) is 0 Å². The number of hydrogen-bond acceptors (Lipinski definition) is 2. The fraction of sp³-hybridized carbons (Fsp3) is 0.167. The summed E-state index contributed by atoms with van der Waals surface area (Å²) in [6.07, 6.45) is -9.58. The van der Waals surface area contributed by atoms with Gasteiger partial charge in [-0.25, -0.2) is 0 Å². The third-order valence-corrected chi connectivity index (χ3v) is 10.7. The van der Waals surface area contributed by atoms with Gasteiger partial charge in [0, 0.05) is 33.4 Å². The monoisotopic (exact) mass is 756 g/mol. The van der Waals surface area contributed by atoms with Gasteiger partial charge in [0.15, 0.2) is 0 Å². The molecule has 0 fully saturated rings. The molecule has 0 aliphatic heterocycles. The van der Waals surface area contributed by atoms with Crippen molar-refractivity contribution >= 4 is 54.3 Å². The van der Waals surface area contributed by atoms with Crippen molar-refractivity contribution in [2.75, 3.05) is 0 Å². The van der Waals surface area contributed by atoms with Crippen LogP contribution in [-0.2, 0) is 12.4 Å². The smallest absolute Gasteiger partial charge is 0.420 e. The van der Waals surface area contributed by atoms with Gasteiger partial charge in [0.25, 0.3) is 0 Å². The van der Waals surface area contributed by atoms with Crippen LogP contribution in [0.2, 0.25) is 0 Å². The molecule has 0 atom stereocenters. The topological polar surface area (TPSA) is 26.3 Å². The van der Waals surface area contributed by atoms with Crippen LogP contribution < -0.4 is 0 Å². The molecule has 0 radical (unpaired) electrons. The largest absolute Gasteiger partial charge is 0.459 e. The number of rotatable bonds is 5. The first-order valence-corrected chi connectivity index (χ1v) is 18.4. The molecule has 0 unspecified atom stereocenters. The molecule has 0 aliphatic rings. The van der Waals surface area contributed by atoms with Crippen LogP contribution in [0.15, 0.2) is 130 Å². The first-order chi connectivity index (χ1) is 26.7. The predicted molar refractivity (Wildman–Crippen MR) is 213 cm³/mol. The molecular weight excluding hydrogens is 723 g/mol. The zero-order valence-corrected chi connectivity index (χ0v) is 30.8. The second-order valence-electron chi connectivity index (χ2n) is 15.0. The third kappa shape index (κ3) is 5.64. The Morgan fingerprint density at radius 1 is 0.411 bits per heavy atom. The molecule has 0 aliphatic carbocycles. The van der Waals surface area contributed by atoms with Crippen LogP contribution in [0.5, 0.6) is 0 Å². The molecule has 0 spiro atoms. The molecular formula is C48H34F6O2. The Morgan fingerprint density at radius 2 is 0.857 bits per heavy atom. The lowest BCUT2D eigenvalue weighted by Gasteiger charge is -2.16. The highest BCUT2D eigenvalue weighted by Gasteiger charge is 2.42. The van der Waals surface area contributed by atoms with Crippen LogP contribution in [0.3, 0.4) is 0 Å². The van der Waals surface area contributed by atoms with E-state index >= 15 is 26.3 Å². The quantitative estimate of drug-likeness (QED) is 0.164. The van der Waals surface area contributed by atoms with E-state index in [2.05, 4.69) is 0 Å². The molecule has 7 aromatic carbocycles. The standard InChI is InChI=1S/C48H34F6O2/c1-25(2)43-41(47(49,50)51)37-23-35(30-19-17-29(18-20-30)34-15-9-13-28-11-7-8-14-33(28)34)39-40(46(37)56-43)36(32-21-16-27-10-5-6-12-31(27)22-32)24-38-42(48(52,53)54)44(26(3)4)55-45(38)39/h5-26H,1-4H3. The van der Waals surface area contributed by atoms with Crippen molar-refractivity contribution in [1.29, 1.82) is 0 Å². The Kier molecular flexibility index (Phi) is 8.13. The van der Waals surface area contributed by atoms with Crippen molar-refractivity contribution in [3.05, 3.63) is 144 Å². The van der Waals surface area contributed by atoms with E-state index in [-0.39, 0.29) is 44.2 Å². The SMILES string of the molecule is CC(C)c1oc2c(cc(-c3ccc4ccccc4c3)c3c4oc(C(C)C)c(C(F)(F)F)c4cc(-c4ccc(-c5cccc6ccccc56)cc4)c23)c1C(F)(F)F. The molecule has 2 nitrogen and oxygen atoms in total. The number of halogens is 6. The summed E-state index contributed by atoms with van der Waals surface area (Å²) in [6.45, 7) is 6.51. The molecule has 8 heteroatoms. The van der Waals surface area contributed by atoms with Gasteiger partial charge >= 0.3 is 12.4 Å². The Balaban J connectivity index is 1.46. The van der Waals surface area contributed by atoms with Crippen LogP contribution in [0.25, 0.3) is 87.6 Å². The van der Waals surface area contributed by atoms with E-state index in [1.807, 2.05) is 91.0 Å². The highest BCUT2D eigenvalue weighted by Crippen LogP contribution is 2.53. The maximum atomic E-state index is 15.2. The van der Waals surface area contributed by atoms with Crippen molar-refractivity contribution < 1.29 is 35.2 Å². The molecule has 2 heterocycles. The van der Waals surface area contributed by atoms with Crippen molar-refractivity contribution in [3.63, 3.8) is 0 Å². The minimum Gasteiger partial charge on any atom is -0.459 e. The zero-order valence-electron chi connectivity index (χ0n) is 30.8. The van der Waals surface area contributed by atoms with E-state index < -0.39 is 35.3 Å². The minimum atomic E-state index is -4.79. The summed E-state index contributed by atoms with van der Waals surface area (Å²) in [4.78, 5) is 0. The summed E-state index contributed by atoms with van der Waals surface area (Å²) in [7, 11) is 0. The lowest BCUT2D eigenvalue weighted by Crippen LogP contribution is -2.08. The number of fused-ring (bicyclic) bond motifs is 7. The highest BCUT2D eigenvalue weighted by atomic mass is 19.4. The molecule has 0 N–H and O–H groups in total. The molecule has 0 amide bonds. The summed E-state index contributed by atoms with van der Waals surface area (Å²) in [5.74, 6) is -1.81. The van der Waals surface area contributed by atoms with Gasteiger partial charge < -0.3 is 8.83 Å². The second kappa shape index (κ2) is 12.8. The molecule has 56 heavy (non-hydrogen) atoms. The average Bonchev–Trinajstić information content (AvgIpc) is 3.77. The summed E-state index contributed by atoms with van der Waals surface area (Å²) in [5, 5.41) is 3.95. The molecule has 9 rings (SSSR count). The Morgan fingerprint density at radius 3 is 1.39 bits per heavy atom. The van der Waals surface area contributed by atoms with Crippen LogP contribution in [-0.4, -0.2) is 0 Å².